The van der Waals surface area contributed by atoms with Crippen LogP contribution in [0.1, 0.15) is 18.9 Å². The maximum atomic E-state index is 15.0. The monoisotopic (exact) mass is 498 g/mol. The molecule has 7 nitrogen and oxygen atoms in total. The Hall–Kier alpha value is -3.52. The van der Waals surface area contributed by atoms with Crippen molar-refractivity contribution in [3.05, 3.63) is 48.0 Å². The lowest BCUT2D eigenvalue weighted by atomic mass is 9.84. The van der Waals surface area contributed by atoms with E-state index in [0.29, 0.717) is 29.0 Å². The number of aromatic nitrogens is 3. The molecule has 0 radical (unpaired) electrons. The maximum absolute atomic E-state index is 15.0. The number of alkyl halides is 2. The number of rotatable bonds is 7. The Balaban J connectivity index is 1.51. The van der Waals surface area contributed by atoms with Crippen molar-refractivity contribution < 1.29 is 17.9 Å². The van der Waals surface area contributed by atoms with Crippen molar-refractivity contribution in [2.24, 2.45) is 16.6 Å². The smallest absolute Gasteiger partial charge is 0.234 e. The number of anilines is 2. The number of hydrogen-bond acceptors (Lipinski definition) is 8. The van der Waals surface area contributed by atoms with E-state index in [1.54, 1.807) is 13.0 Å². The number of amidine groups is 1. The van der Waals surface area contributed by atoms with E-state index < -0.39 is 41.5 Å². The number of pyridine rings is 1. The zero-order valence-corrected chi connectivity index (χ0v) is 19.5. The van der Waals surface area contributed by atoms with Gasteiger partial charge in [0, 0.05) is 23.4 Å². The van der Waals surface area contributed by atoms with Crippen molar-refractivity contribution in [1.82, 2.24) is 15.0 Å². The molecule has 0 bridgehead atoms. The number of fused-ring (bicyclic) bond motifs is 2. The predicted octanol–water partition coefficient (Wildman–Crippen LogP) is 4.26. The van der Waals surface area contributed by atoms with Gasteiger partial charge in [-0.05, 0) is 37.6 Å². The van der Waals surface area contributed by atoms with Gasteiger partial charge in [0.2, 0.25) is 5.88 Å². The van der Waals surface area contributed by atoms with Crippen LogP contribution in [0.4, 0.5) is 24.7 Å². The Morgan fingerprint density at radius 2 is 2.14 bits per heavy atom. The number of ether oxygens (including phenoxy) is 1. The van der Waals surface area contributed by atoms with Gasteiger partial charge in [0.15, 0.2) is 17.1 Å². The molecule has 1 fully saturated rings. The topological polar surface area (TPSA) is 98.3 Å². The van der Waals surface area contributed by atoms with Crippen LogP contribution < -0.4 is 15.8 Å². The lowest BCUT2D eigenvalue weighted by Gasteiger charge is -2.34. The molecule has 1 saturated carbocycles. The summed E-state index contributed by atoms with van der Waals surface area (Å²) in [6.45, 7) is 0.0197. The average molecular weight is 499 g/mol. The first-order chi connectivity index (χ1) is 16.8. The number of halogens is 3. The summed E-state index contributed by atoms with van der Waals surface area (Å²) in [6.07, 6.45) is 8.20. The largest absolute Gasteiger partial charge is 0.460 e. The fourth-order valence-corrected chi connectivity index (χ4v) is 5.76. The third-order valence-corrected chi connectivity index (χ3v) is 7.58. The first kappa shape index (κ1) is 23.2. The fraction of sp³-hybridized carbons (Fsp3) is 0.333. The number of hydrogen-bond donors (Lipinski definition) is 2. The molecule has 35 heavy (non-hydrogen) atoms. The van der Waals surface area contributed by atoms with Crippen molar-refractivity contribution in [3.63, 3.8) is 0 Å². The van der Waals surface area contributed by atoms with Crippen LogP contribution in [0.3, 0.4) is 0 Å². The van der Waals surface area contributed by atoms with E-state index in [-0.39, 0.29) is 16.6 Å². The first-order valence-electron chi connectivity index (χ1n) is 10.8. The lowest BCUT2D eigenvalue weighted by molar-refractivity contribution is 0.257. The second-order valence-corrected chi connectivity index (χ2v) is 9.98. The summed E-state index contributed by atoms with van der Waals surface area (Å²) in [4.78, 5) is 17.4. The molecule has 1 aliphatic heterocycles. The van der Waals surface area contributed by atoms with Crippen molar-refractivity contribution in [1.29, 1.82) is 0 Å². The second-order valence-electron chi connectivity index (χ2n) is 8.55. The first-order valence-corrected chi connectivity index (χ1v) is 11.6. The molecular formula is C24H21F3N6OS. The third-order valence-electron chi connectivity index (χ3n) is 6.31. The lowest BCUT2D eigenvalue weighted by Crippen LogP contribution is -2.40. The molecule has 0 unspecified atom stereocenters. The number of terminal acetylenes is 1. The van der Waals surface area contributed by atoms with Crippen molar-refractivity contribution in [3.8, 4) is 18.2 Å². The molecule has 2 aromatic heterocycles. The second kappa shape index (κ2) is 8.61. The number of nitrogens with one attached hydrogen (secondary N) is 1. The van der Waals surface area contributed by atoms with E-state index in [1.807, 2.05) is 0 Å². The van der Waals surface area contributed by atoms with E-state index in [4.69, 9.17) is 16.9 Å². The van der Waals surface area contributed by atoms with Crippen LogP contribution >= 0.6 is 11.8 Å². The highest BCUT2D eigenvalue weighted by atomic mass is 32.2. The van der Waals surface area contributed by atoms with E-state index in [2.05, 4.69) is 31.2 Å². The summed E-state index contributed by atoms with van der Waals surface area (Å²) in [6, 6.07) is 5.83. The Morgan fingerprint density at radius 1 is 1.31 bits per heavy atom. The molecule has 1 aliphatic carbocycles. The van der Waals surface area contributed by atoms with E-state index >= 15 is 4.39 Å². The third kappa shape index (κ3) is 3.91. The predicted molar refractivity (Wildman–Crippen MR) is 130 cm³/mol. The van der Waals surface area contributed by atoms with Crippen molar-refractivity contribution in [2.45, 2.75) is 29.7 Å². The minimum atomic E-state index is -1.59. The molecular weight excluding hydrogens is 477 g/mol. The number of nitrogens with two attached hydrogens (primary N) is 1. The molecule has 180 valence electrons. The standard InChI is InChI=1S/C24H21F3N6OS/c1-3-13(2)34-19-10-30-20-17(32-19)6-7-29-21(20)31-14-4-5-16(27)15(8-14)24(12-26)18-9-23(18,11-25)35-22(28)33-24/h1,4-8,10,13,18H,9,11-12H2,2H3,(H2,28,33)(H,29,31)/t13-,18+,23+,24+/m0/s1. The van der Waals surface area contributed by atoms with Gasteiger partial charge in [0.1, 0.15) is 30.2 Å². The van der Waals surface area contributed by atoms with Gasteiger partial charge in [0.05, 0.1) is 16.5 Å². The van der Waals surface area contributed by atoms with Gasteiger partial charge in [-0.15, -0.1) is 6.42 Å². The summed E-state index contributed by atoms with van der Waals surface area (Å²) in [5.41, 5.74) is 5.71. The van der Waals surface area contributed by atoms with Gasteiger partial charge in [-0.3, -0.25) is 0 Å². The van der Waals surface area contributed by atoms with Crippen LogP contribution in [-0.4, -0.2) is 44.3 Å². The Bertz CT molecular complexity index is 1380. The van der Waals surface area contributed by atoms with Gasteiger partial charge < -0.3 is 15.8 Å². The van der Waals surface area contributed by atoms with Gasteiger partial charge >= 0.3 is 0 Å². The molecule has 0 spiro atoms. The molecule has 0 saturated heterocycles. The molecule has 1 aromatic carbocycles. The summed E-state index contributed by atoms with van der Waals surface area (Å²) < 4.78 is 48.0. The van der Waals surface area contributed by atoms with Crippen LogP contribution in [0, 0.1) is 24.1 Å². The summed E-state index contributed by atoms with van der Waals surface area (Å²) in [5, 5.41) is 3.15. The van der Waals surface area contributed by atoms with E-state index in [0.717, 1.165) is 11.8 Å². The highest BCUT2D eigenvalue weighted by Crippen LogP contribution is 2.66. The number of benzene rings is 1. The molecule has 3 aromatic rings. The molecule has 2 aliphatic rings. The Kier molecular flexibility index (Phi) is 5.71. The van der Waals surface area contributed by atoms with Gasteiger partial charge in [-0.25, -0.2) is 33.1 Å². The minimum Gasteiger partial charge on any atom is -0.460 e. The van der Waals surface area contributed by atoms with E-state index in [9.17, 15) is 8.78 Å². The zero-order chi connectivity index (χ0) is 24.8. The maximum Gasteiger partial charge on any atom is 0.234 e. The molecule has 5 rings (SSSR count). The van der Waals surface area contributed by atoms with Gasteiger partial charge in [0.25, 0.3) is 0 Å². The normalized spacial score (nSPS) is 25.8. The highest BCUT2D eigenvalue weighted by molar-refractivity contribution is 8.15. The summed E-state index contributed by atoms with van der Waals surface area (Å²) in [5.74, 6) is 1.92. The number of thioether (sulfide) groups is 1. The number of aliphatic imine (C=N–C) groups is 1. The van der Waals surface area contributed by atoms with Crippen LogP contribution in [0.2, 0.25) is 0 Å². The summed E-state index contributed by atoms with van der Waals surface area (Å²) in [7, 11) is 0. The molecule has 3 N–H and O–H groups in total. The van der Waals surface area contributed by atoms with Gasteiger partial charge in [-0.2, -0.15) is 0 Å². The zero-order valence-electron chi connectivity index (χ0n) is 18.6. The Labute approximate surface area is 203 Å². The Morgan fingerprint density at radius 3 is 2.89 bits per heavy atom. The minimum absolute atomic E-state index is 0.0128. The SMILES string of the molecule is C#C[C@H](C)Oc1cnc2c(Nc3ccc(F)c([C@@]4(CF)N=C(N)S[C@@]5(CF)C[C@H]54)c3)nccc2n1. The molecule has 0 amide bonds. The quantitative estimate of drug-likeness (QED) is 0.470. The van der Waals surface area contributed by atoms with Crippen LogP contribution in [-0.2, 0) is 5.54 Å². The molecule has 4 atom stereocenters. The highest BCUT2D eigenvalue weighted by Gasteiger charge is 2.68. The molecule has 3 heterocycles. The average Bonchev–Trinajstić information content (AvgIpc) is 3.60. The van der Waals surface area contributed by atoms with Crippen molar-refractivity contribution >= 4 is 39.5 Å². The summed E-state index contributed by atoms with van der Waals surface area (Å²) >= 11 is 1.10. The van der Waals surface area contributed by atoms with E-state index in [1.165, 1.54) is 30.6 Å². The number of nitrogens with zero attached hydrogens (tertiary/aromatic N) is 4. The van der Waals surface area contributed by atoms with Crippen molar-refractivity contribution in [2.75, 3.05) is 18.7 Å². The van der Waals surface area contributed by atoms with Crippen LogP contribution in [0.5, 0.6) is 5.88 Å². The van der Waals surface area contributed by atoms with Gasteiger partial charge in [-0.1, -0.05) is 17.7 Å². The van der Waals surface area contributed by atoms with Crippen LogP contribution in [0.15, 0.2) is 41.7 Å². The fourth-order valence-electron chi connectivity index (χ4n) is 4.49. The molecule has 11 heteroatoms. The van der Waals surface area contributed by atoms with Crippen LogP contribution in [0.25, 0.3) is 11.0 Å².